The second-order valence-electron chi connectivity index (χ2n) is 9.73. The standard InChI is InChI=1S/C20H38B2O4/c1-11-13-15(21-23-17(3,4)18(5,6)24-21)16(14-12-2)22-25-19(7,8)20(9,10)26-22/h11-14H2,1-10H3/b16-15-. The van der Waals surface area contributed by atoms with Crippen LogP contribution >= 0.6 is 0 Å². The molecule has 2 heterocycles. The van der Waals surface area contributed by atoms with Gasteiger partial charge in [0, 0.05) is 0 Å². The van der Waals surface area contributed by atoms with Crippen molar-refractivity contribution in [2.24, 2.45) is 0 Å². The molecule has 0 N–H and O–H groups in total. The van der Waals surface area contributed by atoms with Crippen LogP contribution in [0, 0.1) is 0 Å². The van der Waals surface area contributed by atoms with E-state index in [4.69, 9.17) is 18.6 Å². The molecule has 0 spiro atoms. The van der Waals surface area contributed by atoms with Gasteiger partial charge in [-0.2, -0.15) is 0 Å². The van der Waals surface area contributed by atoms with Gasteiger partial charge in [0.15, 0.2) is 0 Å². The van der Waals surface area contributed by atoms with E-state index >= 15 is 0 Å². The summed E-state index contributed by atoms with van der Waals surface area (Å²) in [5, 5.41) is 0. The van der Waals surface area contributed by atoms with Gasteiger partial charge in [0.05, 0.1) is 22.4 Å². The number of allylic oxidation sites excluding steroid dienone is 2. The molecule has 0 atom stereocenters. The summed E-state index contributed by atoms with van der Waals surface area (Å²) in [6, 6.07) is 0. The highest BCUT2D eigenvalue weighted by molar-refractivity contribution is 6.62. The lowest BCUT2D eigenvalue weighted by Crippen LogP contribution is -2.41. The van der Waals surface area contributed by atoms with Crippen molar-refractivity contribution in [3.05, 3.63) is 10.9 Å². The molecule has 2 rings (SSSR count). The van der Waals surface area contributed by atoms with Crippen LogP contribution in [0.4, 0.5) is 0 Å². The lowest BCUT2D eigenvalue weighted by molar-refractivity contribution is 0.00578. The van der Waals surface area contributed by atoms with Crippen molar-refractivity contribution in [1.29, 1.82) is 0 Å². The fourth-order valence-electron chi connectivity index (χ4n) is 3.37. The molecule has 0 unspecified atom stereocenters. The molecule has 0 aromatic heterocycles. The molecule has 26 heavy (non-hydrogen) atoms. The number of rotatable bonds is 6. The molecule has 0 amide bonds. The van der Waals surface area contributed by atoms with E-state index in [2.05, 4.69) is 69.2 Å². The van der Waals surface area contributed by atoms with Crippen molar-refractivity contribution in [2.45, 2.75) is 117 Å². The smallest absolute Gasteiger partial charge is 0.400 e. The summed E-state index contributed by atoms with van der Waals surface area (Å²) >= 11 is 0. The highest BCUT2D eigenvalue weighted by atomic mass is 16.7. The maximum Gasteiger partial charge on any atom is 0.489 e. The summed E-state index contributed by atoms with van der Waals surface area (Å²) in [6.45, 7) is 21.2. The number of hydrogen-bond donors (Lipinski definition) is 0. The van der Waals surface area contributed by atoms with Crippen LogP contribution in [0.2, 0.25) is 0 Å². The van der Waals surface area contributed by atoms with Gasteiger partial charge >= 0.3 is 14.2 Å². The second-order valence-corrected chi connectivity index (χ2v) is 9.73. The minimum Gasteiger partial charge on any atom is -0.400 e. The first-order valence-electron chi connectivity index (χ1n) is 10.2. The summed E-state index contributed by atoms with van der Waals surface area (Å²) in [4.78, 5) is 0. The van der Waals surface area contributed by atoms with Gasteiger partial charge < -0.3 is 18.6 Å². The SMILES string of the molecule is CCC/C(B1OC(C)(C)C(C)(C)O1)=C(\CCC)B1OC(C)(C)C(C)(C)O1. The molecule has 0 aromatic carbocycles. The first-order chi connectivity index (χ1) is 11.8. The Hall–Kier alpha value is -0.290. The Morgan fingerprint density at radius 1 is 0.538 bits per heavy atom. The van der Waals surface area contributed by atoms with Crippen LogP contribution in [-0.2, 0) is 18.6 Å². The Bertz CT molecular complexity index is 472. The van der Waals surface area contributed by atoms with Gasteiger partial charge in [-0.15, -0.1) is 0 Å². The van der Waals surface area contributed by atoms with Crippen molar-refractivity contribution >= 4 is 14.2 Å². The fourth-order valence-corrected chi connectivity index (χ4v) is 3.37. The minimum atomic E-state index is -0.343. The van der Waals surface area contributed by atoms with Crippen LogP contribution in [0.1, 0.15) is 94.9 Å². The Morgan fingerprint density at radius 3 is 0.962 bits per heavy atom. The normalized spacial score (nSPS) is 27.0. The summed E-state index contributed by atoms with van der Waals surface area (Å²) in [5.74, 6) is 0. The van der Waals surface area contributed by atoms with Crippen molar-refractivity contribution in [2.75, 3.05) is 0 Å². The van der Waals surface area contributed by atoms with Gasteiger partial charge in [-0.25, -0.2) is 0 Å². The van der Waals surface area contributed by atoms with Gasteiger partial charge in [0.1, 0.15) is 0 Å². The lowest BCUT2D eigenvalue weighted by Gasteiger charge is -2.32. The average molecular weight is 364 g/mol. The molecule has 0 radical (unpaired) electrons. The molecule has 2 fully saturated rings. The highest BCUT2D eigenvalue weighted by Crippen LogP contribution is 2.43. The number of hydrogen-bond acceptors (Lipinski definition) is 4. The molecule has 2 saturated heterocycles. The molecule has 0 bridgehead atoms. The molecule has 0 aliphatic carbocycles. The summed E-state index contributed by atoms with van der Waals surface area (Å²) < 4.78 is 25.5. The van der Waals surface area contributed by atoms with E-state index in [0.717, 1.165) is 25.7 Å². The summed E-state index contributed by atoms with van der Waals surface area (Å²) in [5.41, 5.74) is 1.03. The molecule has 6 heteroatoms. The Kier molecular flexibility index (Phi) is 6.15. The van der Waals surface area contributed by atoms with Crippen LogP contribution in [0.5, 0.6) is 0 Å². The van der Waals surface area contributed by atoms with Crippen LogP contribution in [0.15, 0.2) is 10.9 Å². The van der Waals surface area contributed by atoms with E-state index in [0.29, 0.717) is 0 Å². The third-order valence-corrected chi connectivity index (χ3v) is 6.53. The molecule has 2 aliphatic rings. The van der Waals surface area contributed by atoms with Crippen molar-refractivity contribution in [1.82, 2.24) is 0 Å². The third-order valence-electron chi connectivity index (χ3n) is 6.53. The van der Waals surface area contributed by atoms with Crippen LogP contribution in [-0.4, -0.2) is 36.6 Å². The van der Waals surface area contributed by atoms with Gasteiger partial charge in [0.25, 0.3) is 0 Å². The Balaban J connectivity index is 2.43. The first kappa shape index (κ1) is 22.0. The van der Waals surface area contributed by atoms with Crippen molar-refractivity contribution < 1.29 is 18.6 Å². The fraction of sp³-hybridized carbons (Fsp3) is 0.900. The van der Waals surface area contributed by atoms with Crippen molar-refractivity contribution in [3.63, 3.8) is 0 Å². The van der Waals surface area contributed by atoms with E-state index in [1.807, 2.05) is 0 Å². The largest absolute Gasteiger partial charge is 0.489 e. The Morgan fingerprint density at radius 2 is 0.769 bits per heavy atom. The lowest BCUT2D eigenvalue weighted by atomic mass is 9.62. The summed E-state index contributed by atoms with van der Waals surface area (Å²) in [7, 11) is -0.666. The molecule has 148 valence electrons. The quantitative estimate of drug-likeness (QED) is 0.611. The van der Waals surface area contributed by atoms with Crippen LogP contribution in [0.3, 0.4) is 0 Å². The molecular weight excluding hydrogens is 326 g/mol. The zero-order chi connectivity index (χ0) is 20.0. The van der Waals surface area contributed by atoms with E-state index in [9.17, 15) is 0 Å². The molecule has 0 aromatic rings. The van der Waals surface area contributed by atoms with E-state index in [1.54, 1.807) is 0 Å². The predicted octanol–water partition coefficient (Wildman–Crippen LogP) is 5.15. The van der Waals surface area contributed by atoms with Crippen molar-refractivity contribution in [3.8, 4) is 0 Å². The molecule has 0 saturated carbocycles. The average Bonchev–Trinajstić information content (AvgIpc) is 2.82. The first-order valence-corrected chi connectivity index (χ1v) is 10.2. The Labute approximate surface area is 161 Å². The van der Waals surface area contributed by atoms with E-state index in [-0.39, 0.29) is 36.6 Å². The monoisotopic (exact) mass is 364 g/mol. The van der Waals surface area contributed by atoms with E-state index < -0.39 is 0 Å². The van der Waals surface area contributed by atoms with Gasteiger partial charge in [-0.3, -0.25) is 0 Å². The maximum absolute atomic E-state index is 6.38. The third kappa shape index (κ3) is 3.94. The summed E-state index contributed by atoms with van der Waals surface area (Å²) in [6.07, 6.45) is 3.92. The zero-order valence-corrected chi connectivity index (χ0v) is 18.6. The second kappa shape index (κ2) is 7.27. The van der Waals surface area contributed by atoms with Crippen LogP contribution < -0.4 is 0 Å². The molecular formula is C20H38B2O4. The van der Waals surface area contributed by atoms with Gasteiger partial charge in [-0.05, 0) is 79.2 Å². The predicted molar refractivity (Wildman–Crippen MR) is 109 cm³/mol. The topological polar surface area (TPSA) is 36.9 Å². The highest BCUT2D eigenvalue weighted by Gasteiger charge is 2.56. The molecule has 2 aliphatic heterocycles. The van der Waals surface area contributed by atoms with Crippen LogP contribution in [0.25, 0.3) is 0 Å². The van der Waals surface area contributed by atoms with Gasteiger partial charge in [0.2, 0.25) is 0 Å². The van der Waals surface area contributed by atoms with Gasteiger partial charge in [-0.1, -0.05) is 26.7 Å². The molecule has 4 nitrogen and oxygen atoms in total. The van der Waals surface area contributed by atoms with E-state index in [1.165, 1.54) is 10.9 Å². The minimum absolute atomic E-state index is 0.333. The zero-order valence-electron chi connectivity index (χ0n) is 18.6. The maximum atomic E-state index is 6.38.